The van der Waals surface area contributed by atoms with Crippen molar-refractivity contribution >= 4 is 21.6 Å². The van der Waals surface area contributed by atoms with Gasteiger partial charge in [0, 0.05) is 44.6 Å². The van der Waals surface area contributed by atoms with Gasteiger partial charge in [-0.15, -0.1) is 0 Å². The Bertz CT molecular complexity index is 1140. The maximum atomic E-state index is 13.1. The molecule has 12 heteroatoms. The Morgan fingerprint density at radius 3 is 2.55 bits per heavy atom. The number of piperazine rings is 1. The molecule has 2 aliphatic heterocycles. The Morgan fingerprint density at radius 2 is 1.88 bits per heavy atom. The Morgan fingerprint density at radius 1 is 1.09 bits per heavy atom. The molecule has 0 bridgehead atoms. The summed E-state index contributed by atoms with van der Waals surface area (Å²) >= 11 is 5.99. The lowest BCUT2D eigenvalue weighted by atomic mass is 10.2. The molecule has 5 rings (SSSR count). The molecule has 3 aliphatic rings. The number of rotatable bonds is 5. The van der Waals surface area contributed by atoms with E-state index in [4.69, 9.17) is 16.3 Å². The highest BCUT2D eigenvalue weighted by atomic mass is 35.5. The molecule has 1 aromatic carbocycles. The summed E-state index contributed by atoms with van der Waals surface area (Å²) in [4.78, 5) is 10.4. The van der Waals surface area contributed by atoms with Crippen molar-refractivity contribution in [2.75, 3.05) is 26.2 Å². The summed E-state index contributed by atoms with van der Waals surface area (Å²) in [7, 11) is -4.19. The number of hydrogen-bond acceptors (Lipinski definition) is 6. The van der Waals surface area contributed by atoms with Crippen LogP contribution in [0.3, 0.4) is 0 Å². The number of nitrogens with zero attached hydrogens (tertiary/aromatic N) is 4. The van der Waals surface area contributed by atoms with Gasteiger partial charge in [0.15, 0.2) is 0 Å². The van der Waals surface area contributed by atoms with Crippen molar-refractivity contribution in [3.63, 3.8) is 0 Å². The molecule has 3 fully saturated rings. The molecule has 1 aromatic heterocycles. The molecule has 0 amide bonds. The maximum Gasteiger partial charge on any atom is 0.416 e. The normalized spacial score (nSPS) is 24.6. The van der Waals surface area contributed by atoms with Crippen LogP contribution in [-0.2, 0) is 16.2 Å². The van der Waals surface area contributed by atoms with E-state index in [2.05, 4.69) is 14.9 Å². The first-order valence-electron chi connectivity index (χ1n) is 10.7. The molecule has 3 heterocycles. The van der Waals surface area contributed by atoms with Gasteiger partial charge in [0.1, 0.15) is 11.0 Å². The van der Waals surface area contributed by atoms with E-state index in [9.17, 15) is 21.6 Å². The zero-order chi connectivity index (χ0) is 23.4. The summed E-state index contributed by atoms with van der Waals surface area (Å²) in [6, 6.07) is 2.25. The van der Waals surface area contributed by atoms with E-state index in [-0.39, 0.29) is 30.3 Å². The van der Waals surface area contributed by atoms with Crippen LogP contribution in [0.25, 0.3) is 0 Å². The minimum absolute atomic E-state index is 0.109. The second-order valence-corrected chi connectivity index (χ2v) is 11.0. The number of halogens is 4. The Labute approximate surface area is 194 Å². The Hall–Kier alpha value is -1.95. The van der Waals surface area contributed by atoms with E-state index in [0.29, 0.717) is 37.4 Å². The van der Waals surface area contributed by atoms with Crippen molar-refractivity contribution in [1.29, 1.82) is 0 Å². The van der Waals surface area contributed by atoms with Gasteiger partial charge in [0.25, 0.3) is 0 Å². The first kappa shape index (κ1) is 22.8. The van der Waals surface area contributed by atoms with Crippen LogP contribution in [-0.4, -0.2) is 65.9 Å². The summed E-state index contributed by atoms with van der Waals surface area (Å²) < 4.78 is 72.8. The van der Waals surface area contributed by atoms with Crippen LogP contribution in [0, 0.1) is 0 Å². The summed E-state index contributed by atoms with van der Waals surface area (Å²) in [5, 5.41) is -0.230. The van der Waals surface area contributed by atoms with E-state index in [0.717, 1.165) is 30.7 Å². The van der Waals surface area contributed by atoms with Crippen LogP contribution < -0.4 is 4.74 Å². The van der Waals surface area contributed by atoms with Gasteiger partial charge in [-0.25, -0.2) is 13.4 Å². The minimum Gasteiger partial charge on any atom is -0.472 e. The predicted octanol–water partition coefficient (Wildman–Crippen LogP) is 3.55. The van der Waals surface area contributed by atoms with Gasteiger partial charge >= 0.3 is 6.18 Å². The van der Waals surface area contributed by atoms with Crippen molar-refractivity contribution in [3.05, 3.63) is 46.9 Å². The highest BCUT2D eigenvalue weighted by molar-refractivity contribution is 7.89. The van der Waals surface area contributed by atoms with Crippen molar-refractivity contribution in [2.24, 2.45) is 0 Å². The number of alkyl halides is 3. The molecule has 7 nitrogen and oxygen atoms in total. The van der Waals surface area contributed by atoms with Crippen molar-refractivity contribution in [1.82, 2.24) is 19.2 Å². The van der Waals surface area contributed by atoms with Crippen molar-refractivity contribution in [2.45, 2.75) is 48.4 Å². The van der Waals surface area contributed by atoms with E-state index in [1.54, 1.807) is 12.4 Å². The van der Waals surface area contributed by atoms with Gasteiger partial charge in [-0.3, -0.25) is 9.88 Å². The van der Waals surface area contributed by atoms with Gasteiger partial charge in [-0.2, -0.15) is 17.5 Å². The molecule has 33 heavy (non-hydrogen) atoms. The Kier molecular flexibility index (Phi) is 5.79. The lowest BCUT2D eigenvalue weighted by molar-refractivity contribution is -0.137. The van der Waals surface area contributed by atoms with Crippen LogP contribution in [0.4, 0.5) is 13.2 Å². The van der Waals surface area contributed by atoms with E-state index < -0.39 is 26.7 Å². The van der Waals surface area contributed by atoms with Crippen LogP contribution >= 0.6 is 11.6 Å². The topological polar surface area (TPSA) is 75.6 Å². The van der Waals surface area contributed by atoms with Crippen LogP contribution in [0.5, 0.6) is 5.88 Å². The first-order valence-corrected chi connectivity index (χ1v) is 12.5. The van der Waals surface area contributed by atoms with Crippen LogP contribution in [0.15, 0.2) is 35.5 Å². The van der Waals surface area contributed by atoms with Gasteiger partial charge in [0.05, 0.1) is 28.7 Å². The molecular formula is C21H22ClF3N4O3S. The largest absolute Gasteiger partial charge is 0.472 e. The van der Waals surface area contributed by atoms with Gasteiger partial charge in [0.2, 0.25) is 15.9 Å². The third-order valence-electron chi connectivity index (χ3n) is 6.35. The molecule has 2 saturated heterocycles. The molecule has 2 atom stereocenters. The summed E-state index contributed by atoms with van der Waals surface area (Å²) in [6.07, 6.45) is 1.38. The molecule has 0 N–H and O–H groups in total. The van der Waals surface area contributed by atoms with Gasteiger partial charge < -0.3 is 4.74 Å². The van der Waals surface area contributed by atoms with Gasteiger partial charge in [-0.05, 0) is 31.0 Å². The Balaban J connectivity index is 1.27. The average Bonchev–Trinajstić information content (AvgIpc) is 3.53. The second kappa shape index (κ2) is 8.37. The monoisotopic (exact) mass is 502 g/mol. The molecule has 2 aromatic rings. The molecule has 0 unspecified atom stereocenters. The smallest absolute Gasteiger partial charge is 0.416 e. The zero-order valence-electron chi connectivity index (χ0n) is 17.5. The molecule has 1 saturated carbocycles. The fourth-order valence-corrected chi connectivity index (χ4v) is 6.40. The molecule has 0 radical (unpaired) electrons. The number of benzene rings is 1. The van der Waals surface area contributed by atoms with Crippen molar-refractivity contribution < 1.29 is 26.3 Å². The van der Waals surface area contributed by atoms with Crippen molar-refractivity contribution in [3.8, 4) is 5.88 Å². The predicted molar refractivity (Wildman–Crippen MR) is 114 cm³/mol. The zero-order valence-corrected chi connectivity index (χ0v) is 19.1. The molecule has 1 aliphatic carbocycles. The lowest BCUT2D eigenvalue weighted by Crippen LogP contribution is -2.52. The fraction of sp³-hybridized carbons (Fsp3) is 0.524. The maximum absolute atomic E-state index is 13.1. The first-order chi connectivity index (χ1) is 15.6. The minimum atomic E-state index is -4.66. The SMILES string of the molecule is O=S(=O)(c1cc(C(F)(F)F)ccc1Cl)N1CCN2C[C@H](Oc3cnc(C4CC4)cn3)C[C@H]2C1. The summed E-state index contributed by atoms with van der Waals surface area (Å²) in [5.74, 6) is 0.940. The summed E-state index contributed by atoms with van der Waals surface area (Å²) in [6.45, 7) is 1.39. The average molecular weight is 503 g/mol. The fourth-order valence-electron chi connectivity index (χ4n) is 4.44. The number of fused-ring (bicyclic) bond motifs is 1. The number of ether oxygens (including phenoxy) is 1. The highest BCUT2D eigenvalue weighted by Crippen LogP contribution is 2.39. The van der Waals surface area contributed by atoms with E-state index >= 15 is 0 Å². The number of sulfonamides is 1. The quantitative estimate of drug-likeness (QED) is 0.622. The molecular weight excluding hydrogens is 481 g/mol. The van der Waals surface area contributed by atoms with E-state index in [1.807, 2.05) is 0 Å². The third kappa shape index (κ3) is 4.68. The standard InChI is InChI=1S/C21H22ClF3N4O3S/c22-17-4-3-14(21(23,24)25)7-19(17)33(30,31)29-6-5-28-12-16(8-15(28)11-29)32-20-10-26-18(9-27-20)13-1-2-13/h3-4,7,9-10,13,15-16H,1-2,5-6,8,11-12H2/t15-,16+/m0/s1. The summed E-state index contributed by atoms with van der Waals surface area (Å²) in [5.41, 5.74) is -0.0763. The number of hydrogen-bond donors (Lipinski definition) is 0. The molecule has 0 spiro atoms. The third-order valence-corrected chi connectivity index (χ3v) is 8.69. The molecule has 178 valence electrons. The van der Waals surface area contributed by atoms with Crippen LogP contribution in [0.2, 0.25) is 5.02 Å². The second-order valence-electron chi connectivity index (χ2n) is 8.68. The van der Waals surface area contributed by atoms with Crippen LogP contribution in [0.1, 0.15) is 36.4 Å². The number of aromatic nitrogens is 2. The van der Waals surface area contributed by atoms with E-state index in [1.165, 1.54) is 4.31 Å². The van der Waals surface area contributed by atoms with Gasteiger partial charge in [-0.1, -0.05) is 11.6 Å². The highest BCUT2D eigenvalue weighted by Gasteiger charge is 2.42. The lowest BCUT2D eigenvalue weighted by Gasteiger charge is -2.36.